The van der Waals surface area contributed by atoms with Gasteiger partial charge in [-0.15, -0.1) is 0 Å². The summed E-state index contributed by atoms with van der Waals surface area (Å²) in [5.74, 6) is -0.591. The second-order valence-electron chi connectivity index (χ2n) is 4.25. The lowest BCUT2D eigenvalue weighted by molar-refractivity contribution is -0.149. The highest BCUT2D eigenvalue weighted by atomic mass is 32.2. The summed E-state index contributed by atoms with van der Waals surface area (Å²) in [4.78, 5) is 22.7. The predicted molar refractivity (Wildman–Crippen MR) is 70.0 cm³/mol. The zero-order valence-electron chi connectivity index (χ0n) is 11.6. The number of ether oxygens (including phenoxy) is 2. The van der Waals surface area contributed by atoms with Gasteiger partial charge in [-0.2, -0.15) is 12.7 Å². The Hall–Kier alpha value is -1.35. The van der Waals surface area contributed by atoms with E-state index in [0.717, 1.165) is 4.31 Å². The molecule has 0 aromatic rings. The van der Waals surface area contributed by atoms with Crippen LogP contribution in [-0.4, -0.2) is 51.1 Å². The molecule has 1 saturated heterocycles. The number of nitrogens with zero attached hydrogens (tertiary/aromatic N) is 1. The zero-order valence-corrected chi connectivity index (χ0v) is 12.4. The highest BCUT2D eigenvalue weighted by Crippen LogP contribution is 2.20. The SMILES string of the molecule is CCOC(=O)NS(=O)(=O)N1CCC(C(=O)OCC)CC1. The van der Waals surface area contributed by atoms with Crippen LogP contribution >= 0.6 is 0 Å². The van der Waals surface area contributed by atoms with Crippen molar-refractivity contribution in [2.45, 2.75) is 26.7 Å². The lowest BCUT2D eigenvalue weighted by atomic mass is 9.98. The minimum atomic E-state index is -3.91. The summed E-state index contributed by atoms with van der Waals surface area (Å²) in [6.07, 6.45) is -0.245. The molecule has 8 nitrogen and oxygen atoms in total. The fourth-order valence-electron chi connectivity index (χ4n) is 1.92. The Morgan fingerprint density at radius 3 is 2.20 bits per heavy atom. The smallest absolute Gasteiger partial charge is 0.421 e. The maximum Gasteiger partial charge on any atom is 0.421 e. The Labute approximate surface area is 118 Å². The van der Waals surface area contributed by atoms with Crippen molar-refractivity contribution in [2.75, 3.05) is 26.3 Å². The van der Waals surface area contributed by atoms with Crippen LogP contribution < -0.4 is 4.72 Å². The van der Waals surface area contributed by atoms with Crippen molar-refractivity contribution in [3.05, 3.63) is 0 Å². The molecule has 1 amide bonds. The summed E-state index contributed by atoms with van der Waals surface area (Å²) in [7, 11) is -3.91. The number of hydrogen-bond donors (Lipinski definition) is 1. The van der Waals surface area contributed by atoms with Crippen molar-refractivity contribution in [3.8, 4) is 0 Å². The van der Waals surface area contributed by atoms with E-state index < -0.39 is 16.3 Å². The number of esters is 1. The van der Waals surface area contributed by atoms with Crippen LogP contribution in [0.2, 0.25) is 0 Å². The van der Waals surface area contributed by atoms with Crippen LogP contribution in [0.1, 0.15) is 26.7 Å². The minimum Gasteiger partial charge on any atom is -0.466 e. The number of amides is 1. The molecule has 1 N–H and O–H groups in total. The van der Waals surface area contributed by atoms with Crippen LogP contribution in [0, 0.1) is 5.92 Å². The fourth-order valence-corrected chi connectivity index (χ4v) is 3.01. The molecule has 116 valence electrons. The predicted octanol–water partition coefficient (Wildman–Crippen LogP) is 0.252. The molecule has 20 heavy (non-hydrogen) atoms. The molecule has 0 bridgehead atoms. The van der Waals surface area contributed by atoms with Crippen molar-refractivity contribution >= 4 is 22.3 Å². The van der Waals surface area contributed by atoms with Crippen molar-refractivity contribution in [1.29, 1.82) is 0 Å². The Morgan fingerprint density at radius 1 is 1.15 bits per heavy atom. The summed E-state index contributed by atoms with van der Waals surface area (Å²) in [6, 6.07) is 0. The lowest BCUT2D eigenvalue weighted by Crippen LogP contribution is -2.47. The van der Waals surface area contributed by atoms with Crippen molar-refractivity contribution in [3.63, 3.8) is 0 Å². The fraction of sp³-hybridized carbons (Fsp3) is 0.818. The third-order valence-electron chi connectivity index (χ3n) is 2.90. The van der Waals surface area contributed by atoms with Gasteiger partial charge in [0.05, 0.1) is 19.1 Å². The van der Waals surface area contributed by atoms with Crippen molar-refractivity contribution < 1.29 is 27.5 Å². The number of carbonyl (C=O) groups excluding carboxylic acids is 2. The van der Waals surface area contributed by atoms with E-state index in [1.807, 2.05) is 4.72 Å². The van der Waals surface area contributed by atoms with E-state index in [0.29, 0.717) is 19.4 Å². The summed E-state index contributed by atoms with van der Waals surface area (Å²) >= 11 is 0. The molecule has 0 radical (unpaired) electrons. The Kier molecular flexibility index (Phi) is 6.21. The van der Waals surface area contributed by atoms with E-state index in [-0.39, 0.29) is 31.6 Å². The maximum atomic E-state index is 11.9. The van der Waals surface area contributed by atoms with E-state index >= 15 is 0 Å². The van der Waals surface area contributed by atoms with Crippen molar-refractivity contribution in [2.24, 2.45) is 5.92 Å². The van der Waals surface area contributed by atoms with Gasteiger partial charge in [0.1, 0.15) is 0 Å². The summed E-state index contributed by atoms with van der Waals surface area (Å²) in [5.41, 5.74) is 0. The first-order valence-corrected chi connectivity index (χ1v) is 7.96. The number of piperidine rings is 1. The molecule has 1 fully saturated rings. The summed E-state index contributed by atoms with van der Waals surface area (Å²) in [5, 5.41) is 0. The average Bonchev–Trinajstić information content (AvgIpc) is 2.39. The van der Waals surface area contributed by atoms with Crippen LogP contribution in [-0.2, 0) is 24.5 Å². The van der Waals surface area contributed by atoms with Gasteiger partial charge in [-0.1, -0.05) is 0 Å². The Bertz CT molecular complexity index is 442. The molecule has 0 aromatic carbocycles. The molecule has 1 aliphatic heterocycles. The van der Waals surface area contributed by atoms with E-state index in [4.69, 9.17) is 4.74 Å². The van der Waals surface area contributed by atoms with Gasteiger partial charge in [0.15, 0.2) is 0 Å². The van der Waals surface area contributed by atoms with Crippen LogP contribution in [0.25, 0.3) is 0 Å². The van der Waals surface area contributed by atoms with Gasteiger partial charge in [0.2, 0.25) is 0 Å². The standard InChI is InChI=1S/C11H20N2O6S/c1-3-18-10(14)9-5-7-13(8-6-9)20(16,17)12-11(15)19-4-2/h9H,3-8H2,1-2H3,(H,12,15). The maximum absolute atomic E-state index is 11.9. The van der Waals surface area contributed by atoms with E-state index in [9.17, 15) is 18.0 Å². The number of rotatable bonds is 5. The molecule has 1 aliphatic rings. The molecular weight excluding hydrogens is 288 g/mol. The van der Waals surface area contributed by atoms with E-state index in [2.05, 4.69) is 4.74 Å². The molecule has 0 spiro atoms. The van der Waals surface area contributed by atoms with Crippen LogP contribution in [0.15, 0.2) is 0 Å². The molecule has 0 saturated carbocycles. The van der Waals surface area contributed by atoms with Gasteiger partial charge in [-0.05, 0) is 26.7 Å². The zero-order chi connectivity index (χ0) is 15.2. The highest BCUT2D eigenvalue weighted by Gasteiger charge is 2.32. The van der Waals surface area contributed by atoms with Gasteiger partial charge in [0.25, 0.3) is 0 Å². The largest absolute Gasteiger partial charge is 0.466 e. The molecule has 0 aromatic heterocycles. The van der Waals surface area contributed by atoms with Crippen LogP contribution in [0.4, 0.5) is 4.79 Å². The van der Waals surface area contributed by atoms with Gasteiger partial charge in [0, 0.05) is 13.1 Å². The third kappa shape index (κ3) is 4.64. The second kappa shape index (κ2) is 7.44. The quantitative estimate of drug-likeness (QED) is 0.731. The summed E-state index contributed by atoms with van der Waals surface area (Å²) < 4.78 is 36.1. The van der Waals surface area contributed by atoms with E-state index in [1.165, 1.54) is 0 Å². The average molecular weight is 308 g/mol. The topological polar surface area (TPSA) is 102 Å². The third-order valence-corrected chi connectivity index (χ3v) is 4.37. The first-order valence-electron chi connectivity index (χ1n) is 6.52. The highest BCUT2D eigenvalue weighted by molar-refractivity contribution is 7.87. The second-order valence-corrected chi connectivity index (χ2v) is 5.92. The first-order chi connectivity index (χ1) is 9.40. The molecule has 0 unspecified atom stereocenters. The number of hydrogen-bond acceptors (Lipinski definition) is 6. The van der Waals surface area contributed by atoms with Gasteiger partial charge >= 0.3 is 22.3 Å². The minimum absolute atomic E-state index is 0.0896. The monoisotopic (exact) mass is 308 g/mol. The molecule has 9 heteroatoms. The van der Waals surface area contributed by atoms with Gasteiger partial charge in [-0.25, -0.2) is 9.52 Å². The van der Waals surface area contributed by atoms with Crippen LogP contribution in [0.3, 0.4) is 0 Å². The normalized spacial score (nSPS) is 17.5. The number of nitrogens with one attached hydrogen (secondary N) is 1. The molecular formula is C11H20N2O6S. The molecule has 1 rings (SSSR count). The number of carbonyl (C=O) groups is 2. The van der Waals surface area contributed by atoms with Crippen LogP contribution in [0.5, 0.6) is 0 Å². The van der Waals surface area contributed by atoms with Gasteiger partial charge in [-0.3, -0.25) is 4.79 Å². The lowest BCUT2D eigenvalue weighted by Gasteiger charge is -2.29. The van der Waals surface area contributed by atoms with Gasteiger partial charge < -0.3 is 9.47 Å². The summed E-state index contributed by atoms with van der Waals surface area (Å²) in [6.45, 7) is 4.03. The van der Waals surface area contributed by atoms with E-state index in [1.54, 1.807) is 13.8 Å². The molecule has 0 aliphatic carbocycles. The molecule has 1 heterocycles. The Morgan fingerprint density at radius 2 is 1.70 bits per heavy atom. The Balaban J connectivity index is 2.51. The first kappa shape index (κ1) is 16.7. The van der Waals surface area contributed by atoms with Crippen molar-refractivity contribution in [1.82, 2.24) is 9.03 Å². The molecule has 0 atom stereocenters.